The van der Waals surface area contributed by atoms with Crippen LogP contribution in [0.4, 0.5) is 0 Å². The van der Waals surface area contributed by atoms with Crippen LogP contribution in [-0.2, 0) is 21.2 Å². The molecule has 8 heteroatoms. The summed E-state index contributed by atoms with van der Waals surface area (Å²) >= 11 is 0. The Morgan fingerprint density at radius 3 is 2.31 bits per heavy atom. The van der Waals surface area contributed by atoms with E-state index in [1.54, 1.807) is 36.4 Å². The second kappa shape index (κ2) is 8.47. The van der Waals surface area contributed by atoms with Gasteiger partial charge in [-0.05, 0) is 55.3 Å². The van der Waals surface area contributed by atoms with Gasteiger partial charge in [0.15, 0.2) is 6.10 Å². The fourth-order valence-corrected chi connectivity index (χ4v) is 2.90. The van der Waals surface area contributed by atoms with Crippen molar-refractivity contribution < 1.29 is 17.9 Å². The highest BCUT2D eigenvalue weighted by Crippen LogP contribution is 2.14. The van der Waals surface area contributed by atoms with E-state index in [4.69, 9.17) is 10.00 Å². The van der Waals surface area contributed by atoms with Gasteiger partial charge >= 0.3 is 0 Å². The average Bonchev–Trinajstić information content (AvgIpc) is 2.66. The molecule has 0 unspecified atom stereocenters. The first kappa shape index (κ1) is 19.4. The molecule has 0 aliphatic rings. The summed E-state index contributed by atoms with van der Waals surface area (Å²) in [5, 5.41) is 8.75. The van der Waals surface area contributed by atoms with Gasteiger partial charge in [0.1, 0.15) is 5.75 Å². The fraction of sp³-hybridized carbons (Fsp3) is 0.222. The maximum atomic E-state index is 12.2. The lowest BCUT2D eigenvalue weighted by Gasteiger charge is -2.15. The number of amides is 1. The molecule has 2 N–H and O–H groups in total. The normalized spacial score (nSPS) is 12.0. The third kappa shape index (κ3) is 5.05. The first-order valence-electron chi connectivity index (χ1n) is 7.93. The summed E-state index contributed by atoms with van der Waals surface area (Å²) in [7, 11) is -3.87. The van der Waals surface area contributed by atoms with E-state index in [9.17, 15) is 13.2 Å². The monoisotopic (exact) mass is 373 g/mol. The van der Waals surface area contributed by atoms with E-state index in [2.05, 4.69) is 5.43 Å². The Bertz CT molecular complexity index is 901. The van der Waals surface area contributed by atoms with Gasteiger partial charge in [-0.3, -0.25) is 10.2 Å². The first-order chi connectivity index (χ1) is 12.4. The van der Waals surface area contributed by atoms with Crippen molar-refractivity contribution >= 4 is 15.9 Å². The Morgan fingerprint density at radius 1 is 1.15 bits per heavy atom. The summed E-state index contributed by atoms with van der Waals surface area (Å²) in [4.78, 5) is 14.1. The van der Waals surface area contributed by atoms with Crippen LogP contribution in [0.1, 0.15) is 25.0 Å². The SMILES string of the molecule is CCc1ccc(S(=O)(=O)NNC(=O)[C@H](C)Oc2ccc(C#N)cc2)cc1. The summed E-state index contributed by atoms with van der Waals surface area (Å²) in [6, 6.07) is 14.6. The van der Waals surface area contributed by atoms with Crippen LogP contribution in [0.5, 0.6) is 5.75 Å². The lowest BCUT2D eigenvalue weighted by Crippen LogP contribution is -2.47. The van der Waals surface area contributed by atoms with Crippen LogP contribution in [0.15, 0.2) is 53.4 Å². The molecule has 0 fully saturated rings. The van der Waals surface area contributed by atoms with Crippen LogP contribution in [0.3, 0.4) is 0 Å². The van der Waals surface area contributed by atoms with Gasteiger partial charge in [-0.15, -0.1) is 4.83 Å². The Morgan fingerprint density at radius 2 is 1.77 bits per heavy atom. The minimum atomic E-state index is -3.87. The van der Waals surface area contributed by atoms with Crippen LogP contribution in [0.2, 0.25) is 0 Å². The molecule has 0 aliphatic carbocycles. The smallest absolute Gasteiger partial charge is 0.275 e. The maximum absolute atomic E-state index is 12.2. The number of rotatable bonds is 7. The lowest BCUT2D eigenvalue weighted by atomic mass is 10.2. The number of nitriles is 1. The van der Waals surface area contributed by atoms with E-state index in [0.717, 1.165) is 12.0 Å². The largest absolute Gasteiger partial charge is 0.481 e. The summed E-state index contributed by atoms with van der Waals surface area (Å²) in [6.45, 7) is 3.45. The molecule has 0 radical (unpaired) electrons. The molecular formula is C18H19N3O4S. The minimum absolute atomic E-state index is 0.0515. The van der Waals surface area contributed by atoms with Gasteiger partial charge in [0.2, 0.25) is 0 Å². The molecule has 0 saturated heterocycles. The van der Waals surface area contributed by atoms with Gasteiger partial charge in [0.05, 0.1) is 16.5 Å². The number of nitrogens with one attached hydrogen (secondary N) is 2. The molecule has 0 saturated carbocycles. The van der Waals surface area contributed by atoms with Gasteiger partial charge in [-0.1, -0.05) is 19.1 Å². The topological polar surface area (TPSA) is 108 Å². The highest BCUT2D eigenvalue weighted by atomic mass is 32.2. The highest BCUT2D eigenvalue weighted by molar-refractivity contribution is 7.89. The van der Waals surface area contributed by atoms with E-state index < -0.39 is 22.0 Å². The van der Waals surface area contributed by atoms with Gasteiger partial charge in [0, 0.05) is 0 Å². The first-order valence-corrected chi connectivity index (χ1v) is 9.41. The number of hydrogen-bond donors (Lipinski definition) is 2. The van der Waals surface area contributed by atoms with Gasteiger partial charge in [-0.25, -0.2) is 8.42 Å². The van der Waals surface area contributed by atoms with Crippen LogP contribution in [0.25, 0.3) is 0 Å². The van der Waals surface area contributed by atoms with E-state index in [1.807, 2.05) is 17.8 Å². The Balaban J connectivity index is 1.94. The number of hydrazine groups is 1. The van der Waals surface area contributed by atoms with Crippen molar-refractivity contribution in [1.82, 2.24) is 10.3 Å². The molecular weight excluding hydrogens is 354 g/mol. The zero-order chi connectivity index (χ0) is 19.2. The minimum Gasteiger partial charge on any atom is -0.481 e. The molecule has 0 aromatic heterocycles. The van der Waals surface area contributed by atoms with E-state index >= 15 is 0 Å². The second-order valence-electron chi connectivity index (χ2n) is 5.49. The Hall–Kier alpha value is -2.89. The van der Waals surface area contributed by atoms with E-state index in [-0.39, 0.29) is 4.90 Å². The molecule has 1 atom stereocenters. The summed E-state index contributed by atoms with van der Waals surface area (Å²) in [5.41, 5.74) is 3.62. The van der Waals surface area contributed by atoms with Crippen molar-refractivity contribution in [3.05, 3.63) is 59.7 Å². The number of nitrogens with zero attached hydrogens (tertiary/aromatic N) is 1. The van der Waals surface area contributed by atoms with Crippen LogP contribution >= 0.6 is 0 Å². The Labute approximate surface area is 152 Å². The molecule has 0 bridgehead atoms. The van der Waals surface area contributed by atoms with E-state index in [0.29, 0.717) is 11.3 Å². The predicted octanol–water partition coefficient (Wildman–Crippen LogP) is 1.90. The van der Waals surface area contributed by atoms with Crippen molar-refractivity contribution in [1.29, 1.82) is 5.26 Å². The molecule has 136 valence electrons. The van der Waals surface area contributed by atoms with Crippen LogP contribution < -0.4 is 15.0 Å². The fourth-order valence-electron chi connectivity index (χ4n) is 2.05. The standard InChI is InChI=1S/C18H19N3O4S/c1-3-14-6-10-17(11-7-14)26(23,24)21-20-18(22)13(2)25-16-8-4-15(12-19)5-9-16/h4-11,13,21H,3H2,1-2H3,(H,20,22)/t13-/m0/s1. The van der Waals surface area contributed by atoms with Gasteiger partial charge in [0.25, 0.3) is 15.9 Å². The molecule has 2 aromatic carbocycles. The number of aryl methyl sites for hydroxylation is 1. The number of ether oxygens (including phenoxy) is 1. The summed E-state index contributed by atoms with van der Waals surface area (Å²) < 4.78 is 29.8. The van der Waals surface area contributed by atoms with Crippen molar-refractivity contribution in [2.45, 2.75) is 31.3 Å². The second-order valence-corrected chi connectivity index (χ2v) is 7.17. The van der Waals surface area contributed by atoms with Gasteiger partial charge in [-0.2, -0.15) is 5.26 Å². The van der Waals surface area contributed by atoms with Crippen LogP contribution in [-0.4, -0.2) is 20.4 Å². The summed E-state index contributed by atoms with van der Waals surface area (Å²) in [6.07, 6.45) is -0.137. The quantitative estimate of drug-likeness (QED) is 0.721. The highest BCUT2D eigenvalue weighted by Gasteiger charge is 2.19. The number of benzene rings is 2. The zero-order valence-corrected chi connectivity index (χ0v) is 15.2. The Kier molecular flexibility index (Phi) is 6.33. The molecule has 7 nitrogen and oxygen atoms in total. The van der Waals surface area contributed by atoms with Crippen molar-refractivity contribution in [2.24, 2.45) is 0 Å². The number of hydrogen-bond acceptors (Lipinski definition) is 5. The third-order valence-corrected chi connectivity index (χ3v) is 4.88. The van der Waals surface area contributed by atoms with E-state index in [1.165, 1.54) is 19.1 Å². The molecule has 0 heterocycles. The molecule has 2 rings (SSSR count). The van der Waals surface area contributed by atoms with Crippen molar-refractivity contribution in [3.8, 4) is 11.8 Å². The summed E-state index contributed by atoms with van der Waals surface area (Å²) in [5.74, 6) is -0.257. The predicted molar refractivity (Wildman–Crippen MR) is 95.5 cm³/mol. The molecule has 1 amide bonds. The average molecular weight is 373 g/mol. The van der Waals surface area contributed by atoms with Crippen molar-refractivity contribution in [3.63, 3.8) is 0 Å². The molecule has 26 heavy (non-hydrogen) atoms. The lowest BCUT2D eigenvalue weighted by molar-refractivity contribution is -0.127. The molecule has 0 aliphatic heterocycles. The number of carbonyl (C=O) groups is 1. The molecule has 2 aromatic rings. The molecule has 0 spiro atoms. The zero-order valence-electron chi connectivity index (χ0n) is 14.4. The third-order valence-electron chi connectivity index (χ3n) is 3.62. The number of sulfonamides is 1. The van der Waals surface area contributed by atoms with Crippen molar-refractivity contribution in [2.75, 3.05) is 0 Å². The maximum Gasteiger partial charge on any atom is 0.275 e. The van der Waals surface area contributed by atoms with Gasteiger partial charge < -0.3 is 4.74 Å². The van der Waals surface area contributed by atoms with Crippen LogP contribution in [0, 0.1) is 11.3 Å². The number of carbonyl (C=O) groups excluding carboxylic acids is 1.